The minimum absolute atomic E-state index is 0.108. The van der Waals surface area contributed by atoms with E-state index in [0.29, 0.717) is 27.8 Å². The molecule has 0 aliphatic heterocycles. The van der Waals surface area contributed by atoms with Gasteiger partial charge in [-0.1, -0.05) is 23.7 Å². The van der Waals surface area contributed by atoms with Crippen molar-refractivity contribution in [1.82, 2.24) is 0 Å². The number of carboxylic acid groups (broad SMARTS) is 1. The number of hydrogen-bond acceptors (Lipinski definition) is 4. The Morgan fingerprint density at radius 2 is 1.74 bits per heavy atom. The molecule has 0 saturated carbocycles. The maximum atomic E-state index is 11.6. The summed E-state index contributed by atoms with van der Waals surface area (Å²) in [6.45, 7) is 0. The van der Waals surface area contributed by atoms with E-state index in [4.69, 9.17) is 25.8 Å². The molecule has 0 bridgehead atoms. The SMILES string of the molecule is COc1ccc(Cl)cc1C[C@H](Oc1ccccc1OC)C(=O)O. The predicted molar refractivity (Wildman–Crippen MR) is 86.8 cm³/mol. The zero-order valence-electron chi connectivity index (χ0n) is 12.8. The van der Waals surface area contributed by atoms with E-state index in [1.165, 1.54) is 14.2 Å². The summed E-state index contributed by atoms with van der Waals surface area (Å²) in [7, 11) is 3.02. The summed E-state index contributed by atoms with van der Waals surface area (Å²) in [5.41, 5.74) is 0.655. The summed E-state index contributed by atoms with van der Waals surface area (Å²) in [6.07, 6.45) is -0.990. The van der Waals surface area contributed by atoms with Gasteiger partial charge in [-0.05, 0) is 35.9 Å². The highest BCUT2D eigenvalue weighted by Crippen LogP contribution is 2.29. The number of rotatable bonds is 7. The summed E-state index contributed by atoms with van der Waals surface area (Å²) in [6, 6.07) is 11.9. The third-order valence-corrected chi connectivity index (χ3v) is 3.50. The highest BCUT2D eigenvalue weighted by atomic mass is 35.5. The van der Waals surface area contributed by atoms with E-state index in [-0.39, 0.29) is 6.42 Å². The first kappa shape index (κ1) is 17.0. The Morgan fingerprint density at radius 3 is 2.35 bits per heavy atom. The van der Waals surface area contributed by atoms with Crippen molar-refractivity contribution in [1.29, 1.82) is 0 Å². The van der Waals surface area contributed by atoms with Crippen molar-refractivity contribution in [2.45, 2.75) is 12.5 Å². The van der Waals surface area contributed by atoms with Gasteiger partial charge in [0.2, 0.25) is 0 Å². The molecule has 0 aliphatic carbocycles. The summed E-state index contributed by atoms with van der Waals surface area (Å²) >= 11 is 5.98. The molecule has 0 fully saturated rings. The molecule has 0 amide bonds. The van der Waals surface area contributed by atoms with Gasteiger partial charge in [-0.2, -0.15) is 0 Å². The smallest absolute Gasteiger partial charge is 0.345 e. The van der Waals surface area contributed by atoms with Gasteiger partial charge >= 0.3 is 5.97 Å². The molecule has 1 N–H and O–H groups in total. The lowest BCUT2D eigenvalue weighted by Crippen LogP contribution is -2.29. The standard InChI is InChI=1S/C17H17ClO5/c1-21-13-8-7-12(18)9-11(13)10-16(17(19)20)23-15-6-4-3-5-14(15)22-2/h3-9,16H,10H2,1-2H3,(H,19,20)/t16-/m0/s1. The normalized spacial score (nSPS) is 11.6. The monoisotopic (exact) mass is 336 g/mol. The van der Waals surface area contributed by atoms with Crippen molar-refractivity contribution in [3.05, 3.63) is 53.1 Å². The average Bonchev–Trinajstić information content (AvgIpc) is 2.54. The molecule has 0 radical (unpaired) electrons. The quantitative estimate of drug-likeness (QED) is 0.839. The molecule has 2 aromatic rings. The molecule has 5 nitrogen and oxygen atoms in total. The van der Waals surface area contributed by atoms with E-state index in [1.54, 1.807) is 42.5 Å². The molecule has 2 rings (SSSR count). The maximum Gasteiger partial charge on any atom is 0.345 e. The molecule has 0 heterocycles. The first-order valence-corrected chi connectivity index (χ1v) is 7.28. The lowest BCUT2D eigenvalue weighted by Gasteiger charge is -2.18. The summed E-state index contributed by atoms with van der Waals surface area (Å²) in [5.74, 6) is 0.308. The Bertz CT molecular complexity index is 686. The Balaban J connectivity index is 2.26. The number of para-hydroxylation sites is 2. The van der Waals surface area contributed by atoms with Crippen molar-refractivity contribution in [2.75, 3.05) is 14.2 Å². The molecule has 23 heavy (non-hydrogen) atoms. The molecule has 0 aromatic heterocycles. The molecular formula is C17H17ClO5. The fourth-order valence-corrected chi connectivity index (χ4v) is 2.35. The van der Waals surface area contributed by atoms with Crippen LogP contribution in [-0.2, 0) is 11.2 Å². The van der Waals surface area contributed by atoms with Crippen LogP contribution in [0.5, 0.6) is 17.2 Å². The summed E-state index contributed by atoms with van der Waals surface area (Å²) in [4.78, 5) is 11.6. The van der Waals surface area contributed by atoms with E-state index in [0.717, 1.165) is 0 Å². The van der Waals surface area contributed by atoms with Crippen LogP contribution < -0.4 is 14.2 Å². The van der Waals surface area contributed by atoms with Crippen LogP contribution in [0.4, 0.5) is 0 Å². The number of methoxy groups -OCH3 is 2. The number of aliphatic carboxylic acids is 1. The van der Waals surface area contributed by atoms with Gasteiger partial charge in [-0.25, -0.2) is 4.79 Å². The fourth-order valence-electron chi connectivity index (χ4n) is 2.16. The zero-order valence-corrected chi connectivity index (χ0v) is 13.5. The Kier molecular flexibility index (Phi) is 5.71. The Labute approximate surface area is 139 Å². The second-order valence-corrected chi connectivity index (χ2v) is 5.19. The molecular weight excluding hydrogens is 320 g/mol. The van der Waals surface area contributed by atoms with Gasteiger partial charge in [0.05, 0.1) is 14.2 Å². The summed E-state index contributed by atoms with van der Waals surface area (Å²) < 4.78 is 16.0. The van der Waals surface area contributed by atoms with Crippen LogP contribution in [0.3, 0.4) is 0 Å². The molecule has 0 unspecified atom stereocenters. The van der Waals surface area contributed by atoms with E-state index in [2.05, 4.69) is 0 Å². The molecule has 122 valence electrons. The second-order valence-electron chi connectivity index (χ2n) is 4.76. The van der Waals surface area contributed by atoms with Gasteiger partial charge in [0.1, 0.15) is 5.75 Å². The van der Waals surface area contributed by atoms with Crippen LogP contribution in [0.1, 0.15) is 5.56 Å². The van der Waals surface area contributed by atoms with Gasteiger partial charge < -0.3 is 19.3 Å². The highest BCUT2D eigenvalue weighted by molar-refractivity contribution is 6.30. The van der Waals surface area contributed by atoms with E-state index < -0.39 is 12.1 Å². The van der Waals surface area contributed by atoms with Gasteiger partial charge in [0.25, 0.3) is 0 Å². The summed E-state index contributed by atoms with van der Waals surface area (Å²) in [5, 5.41) is 9.95. The number of benzene rings is 2. The number of ether oxygens (including phenoxy) is 3. The molecule has 0 spiro atoms. The molecule has 0 saturated heterocycles. The second kappa shape index (κ2) is 7.74. The van der Waals surface area contributed by atoms with Crippen LogP contribution >= 0.6 is 11.6 Å². The number of hydrogen-bond donors (Lipinski definition) is 1. The highest BCUT2D eigenvalue weighted by Gasteiger charge is 2.23. The van der Waals surface area contributed by atoms with Crippen molar-refractivity contribution >= 4 is 17.6 Å². The van der Waals surface area contributed by atoms with Crippen LogP contribution in [0.25, 0.3) is 0 Å². The van der Waals surface area contributed by atoms with Crippen LogP contribution in [-0.4, -0.2) is 31.4 Å². The van der Waals surface area contributed by atoms with E-state index in [1.807, 2.05) is 0 Å². The van der Waals surface area contributed by atoms with E-state index >= 15 is 0 Å². The molecule has 1 atom stereocenters. The van der Waals surface area contributed by atoms with Gasteiger partial charge in [0, 0.05) is 11.4 Å². The maximum absolute atomic E-state index is 11.6. The topological polar surface area (TPSA) is 65.0 Å². The largest absolute Gasteiger partial charge is 0.496 e. The first-order chi connectivity index (χ1) is 11.0. The molecule has 6 heteroatoms. The zero-order chi connectivity index (χ0) is 16.8. The van der Waals surface area contributed by atoms with Gasteiger partial charge in [-0.3, -0.25) is 0 Å². The minimum atomic E-state index is -1.10. The lowest BCUT2D eigenvalue weighted by atomic mass is 10.1. The fraction of sp³-hybridized carbons (Fsp3) is 0.235. The van der Waals surface area contributed by atoms with Crippen molar-refractivity contribution in [3.63, 3.8) is 0 Å². The van der Waals surface area contributed by atoms with Crippen molar-refractivity contribution in [2.24, 2.45) is 0 Å². The predicted octanol–water partition coefficient (Wildman–Crippen LogP) is 3.43. The number of halogens is 1. The van der Waals surface area contributed by atoms with Gasteiger partial charge in [-0.15, -0.1) is 0 Å². The van der Waals surface area contributed by atoms with Gasteiger partial charge in [0.15, 0.2) is 17.6 Å². The van der Waals surface area contributed by atoms with Crippen LogP contribution in [0, 0.1) is 0 Å². The van der Waals surface area contributed by atoms with E-state index in [9.17, 15) is 9.90 Å². The minimum Gasteiger partial charge on any atom is -0.496 e. The van der Waals surface area contributed by atoms with Crippen molar-refractivity contribution in [3.8, 4) is 17.2 Å². The molecule has 0 aliphatic rings. The number of carboxylic acids is 1. The third-order valence-electron chi connectivity index (χ3n) is 3.26. The molecule has 2 aromatic carbocycles. The van der Waals surface area contributed by atoms with Crippen LogP contribution in [0.2, 0.25) is 5.02 Å². The third kappa shape index (κ3) is 4.29. The Hall–Kier alpha value is -2.40. The Morgan fingerprint density at radius 1 is 1.09 bits per heavy atom. The van der Waals surface area contributed by atoms with Crippen LogP contribution in [0.15, 0.2) is 42.5 Å². The lowest BCUT2D eigenvalue weighted by molar-refractivity contribution is -0.145. The number of carbonyl (C=O) groups is 1. The first-order valence-electron chi connectivity index (χ1n) is 6.90. The average molecular weight is 337 g/mol. The van der Waals surface area contributed by atoms with Crippen molar-refractivity contribution < 1.29 is 24.1 Å².